The number of aliphatic hydroxyl groups is 1. The van der Waals surface area contributed by atoms with E-state index in [-0.39, 0.29) is 24.0 Å². The zero-order chi connectivity index (χ0) is 28.4. The van der Waals surface area contributed by atoms with Crippen molar-refractivity contribution in [2.75, 3.05) is 13.6 Å². The molecule has 2 heterocycles. The summed E-state index contributed by atoms with van der Waals surface area (Å²) in [7, 11) is 1.98. The lowest BCUT2D eigenvalue weighted by Crippen LogP contribution is -2.74. The molecular weight excluding hydrogens is 516 g/mol. The number of ether oxygens (including phenoxy) is 2. The molecule has 4 N–H and O–H groups in total. The predicted octanol–water partition coefficient (Wildman–Crippen LogP) is 1.98. The number of aromatic hydroxyl groups is 1. The van der Waals surface area contributed by atoms with Crippen molar-refractivity contribution >= 4 is 17.8 Å². The van der Waals surface area contributed by atoms with Gasteiger partial charge in [-0.25, -0.2) is 4.79 Å². The highest BCUT2D eigenvalue weighted by atomic mass is 16.6. The average molecular weight is 549 g/mol. The molecule has 0 aromatic heterocycles. The monoisotopic (exact) mass is 548 g/mol. The van der Waals surface area contributed by atoms with Crippen LogP contribution in [0.25, 0.3) is 0 Å². The van der Waals surface area contributed by atoms with Crippen LogP contribution in [0.2, 0.25) is 0 Å². The molecule has 4 aliphatic rings. The van der Waals surface area contributed by atoms with Crippen molar-refractivity contribution < 1.29 is 39.2 Å². The smallest absolute Gasteiger partial charge is 0.326 e. The zero-order valence-electron chi connectivity index (χ0n) is 22.3. The maximum atomic E-state index is 13.1. The van der Waals surface area contributed by atoms with E-state index >= 15 is 0 Å². The number of hydrogen-bond acceptors (Lipinski definition) is 8. The minimum Gasteiger partial charge on any atom is -0.504 e. The third-order valence-corrected chi connectivity index (χ3v) is 9.26. The van der Waals surface area contributed by atoms with Gasteiger partial charge in [-0.05, 0) is 56.6 Å². The van der Waals surface area contributed by atoms with Crippen molar-refractivity contribution in [2.24, 2.45) is 0 Å². The van der Waals surface area contributed by atoms with Gasteiger partial charge in [-0.2, -0.15) is 0 Å². The third kappa shape index (κ3) is 3.73. The van der Waals surface area contributed by atoms with Crippen molar-refractivity contribution in [3.8, 4) is 11.5 Å². The first-order chi connectivity index (χ1) is 19.1. The molecule has 0 saturated carbocycles. The van der Waals surface area contributed by atoms with E-state index in [1.54, 1.807) is 43.3 Å². The first kappa shape index (κ1) is 26.3. The van der Waals surface area contributed by atoms with Gasteiger partial charge >= 0.3 is 11.9 Å². The first-order valence-electron chi connectivity index (χ1n) is 13.5. The van der Waals surface area contributed by atoms with Gasteiger partial charge in [-0.1, -0.05) is 36.4 Å². The van der Waals surface area contributed by atoms with Crippen molar-refractivity contribution in [3.63, 3.8) is 0 Å². The molecule has 2 aliphatic carbocycles. The summed E-state index contributed by atoms with van der Waals surface area (Å²) in [6.45, 7) is 2.34. The van der Waals surface area contributed by atoms with Crippen LogP contribution in [0, 0.1) is 0 Å². The van der Waals surface area contributed by atoms with Crippen LogP contribution in [0.5, 0.6) is 11.5 Å². The maximum Gasteiger partial charge on any atom is 0.326 e. The van der Waals surface area contributed by atoms with E-state index in [0.717, 1.165) is 16.7 Å². The Morgan fingerprint density at radius 1 is 1.20 bits per heavy atom. The zero-order valence-corrected chi connectivity index (χ0v) is 22.3. The number of nitrogens with zero attached hydrogens (tertiary/aromatic N) is 1. The number of likely N-dealkylation sites (N-methyl/N-ethyl adjacent to an activating group) is 1. The second kappa shape index (κ2) is 9.35. The number of piperidine rings is 1. The van der Waals surface area contributed by atoms with Gasteiger partial charge in [0.05, 0.1) is 23.4 Å². The van der Waals surface area contributed by atoms with E-state index in [9.17, 15) is 29.7 Å². The molecule has 210 valence electrons. The van der Waals surface area contributed by atoms with Crippen molar-refractivity contribution in [1.82, 2.24) is 10.2 Å². The number of carboxylic acids is 1. The molecule has 2 aromatic rings. The molecule has 0 radical (unpaired) electrons. The summed E-state index contributed by atoms with van der Waals surface area (Å²) in [6, 6.07) is 10.7. The Kier molecular flexibility index (Phi) is 6.15. The molecule has 2 aliphatic heterocycles. The Morgan fingerprint density at radius 3 is 2.67 bits per heavy atom. The van der Waals surface area contributed by atoms with Crippen LogP contribution in [0.4, 0.5) is 0 Å². The Balaban J connectivity index is 1.24. The lowest BCUT2D eigenvalue weighted by atomic mass is 9.50. The van der Waals surface area contributed by atoms with E-state index in [4.69, 9.17) is 9.47 Å². The minimum atomic E-state index is -1.50. The highest BCUT2D eigenvalue weighted by Gasteiger charge is 2.72. The van der Waals surface area contributed by atoms with Gasteiger partial charge in [-0.15, -0.1) is 0 Å². The van der Waals surface area contributed by atoms with E-state index in [1.165, 1.54) is 0 Å². The summed E-state index contributed by atoms with van der Waals surface area (Å²) >= 11 is 0. The fourth-order valence-corrected chi connectivity index (χ4v) is 7.17. The number of carboxylic acid groups (broad SMARTS) is 1. The van der Waals surface area contributed by atoms with Gasteiger partial charge < -0.3 is 35.0 Å². The molecular formula is C30H32N2O8. The van der Waals surface area contributed by atoms with Gasteiger partial charge in [0.1, 0.15) is 11.8 Å². The van der Waals surface area contributed by atoms with E-state index < -0.39 is 53.3 Å². The van der Waals surface area contributed by atoms with E-state index in [0.29, 0.717) is 25.1 Å². The first-order valence-corrected chi connectivity index (χ1v) is 13.5. The van der Waals surface area contributed by atoms with Crippen LogP contribution in [-0.2, 0) is 31.0 Å². The summed E-state index contributed by atoms with van der Waals surface area (Å²) in [5.74, 6) is -2.93. The number of benzene rings is 2. The lowest BCUT2D eigenvalue weighted by molar-refractivity contribution is -0.169. The molecule has 2 aromatic carbocycles. The van der Waals surface area contributed by atoms with E-state index in [2.05, 4.69) is 10.2 Å². The molecule has 6 rings (SSSR count). The number of likely N-dealkylation sites (tertiary alicyclic amines) is 1. The molecule has 0 unspecified atom stereocenters. The van der Waals surface area contributed by atoms with Gasteiger partial charge in [-0.3, -0.25) is 9.59 Å². The molecule has 1 saturated heterocycles. The number of hydrogen-bond donors (Lipinski definition) is 4. The normalized spacial score (nSPS) is 29.3. The summed E-state index contributed by atoms with van der Waals surface area (Å²) in [5, 5.41) is 35.0. The molecule has 40 heavy (non-hydrogen) atoms. The van der Waals surface area contributed by atoms with Crippen LogP contribution in [0.15, 0.2) is 54.3 Å². The Hall–Kier alpha value is -3.89. The Morgan fingerprint density at radius 2 is 1.95 bits per heavy atom. The number of nitrogens with one attached hydrogen (secondary N) is 1. The second-order valence-electron chi connectivity index (χ2n) is 11.3. The predicted molar refractivity (Wildman–Crippen MR) is 142 cm³/mol. The molecule has 1 amide bonds. The van der Waals surface area contributed by atoms with Crippen molar-refractivity contribution in [2.45, 2.75) is 67.7 Å². The fraction of sp³-hybridized carbons (Fsp3) is 0.433. The van der Waals surface area contributed by atoms with Crippen molar-refractivity contribution in [1.29, 1.82) is 0 Å². The van der Waals surface area contributed by atoms with Crippen LogP contribution in [0.3, 0.4) is 0 Å². The Labute approximate surface area is 231 Å². The number of aliphatic carboxylic acids is 1. The molecule has 10 heteroatoms. The highest BCUT2D eigenvalue weighted by molar-refractivity contribution is 5.90. The SMILES string of the molecule is C[C@H](C(=O)N[C@@H](CC(=O)OC1=CC[C@@]2(O)[C@H]3Cc4ccc(O)c5c4[C@@]2(CCN3C)[C@H]1O5)C(=O)O)c1ccccc1. The average Bonchev–Trinajstić information content (AvgIpc) is 3.29. The molecule has 2 bridgehead atoms. The summed E-state index contributed by atoms with van der Waals surface area (Å²) in [6.07, 6.45) is 1.48. The maximum absolute atomic E-state index is 13.1. The quantitative estimate of drug-likeness (QED) is 0.382. The Bertz CT molecular complexity index is 1420. The summed E-state index contributed by atoms with van der Waals surface area (Å²) in [5.41, 5.74) is 0.316. The van der Waals surface area contributed by atoms with Gasteiger partial charge in [0.25, 0.3) is 0 Å². The van der Waals surface area contributed by atoms with Crippen LogP contribution < -0.4 is 10.1 Å². The molecule has 10 nitrogen and oxygen atoms in total. The molecule has 1 spiro atoms. The van der Waals surface area contributed by atoms with Gasteiger partial charge in [0, 0.05) is 18.0 Å². The summed E-state index contributed by atoms with van der Waals surface area (Å²) in [4.78, 5) is 40.0. The van der Waals surface area contributed by atoms with Gasteiger partial charge in [0.15, 0.2) is 17.6 Å². The largest absolute Gasteiger partial charge is 0.504 e. The third-order valence-electron chi connectivity index (χ3n) is 9.26. The number of esters is 1. The van der Waals surface area contributed by atoms with Crippen LogP contribution in [-0.4, -0.2) is 75.4 Å². The number of phenolic OH excluding ortho intramolecular Hbond substituents is 1. The topological polar surface area (TPSA) is 146 Å². The van der Waals surface area contributed by atoms with Crippen molar-refractivity contribution in [3.05, 3.63) is 71.0 Å². The van der Waals surface area contributed by atoms with Crippen LogP contribution >= 0.6 is 0 Å². The molecule has 1 fully saturated rings. The molecule has 6 atom stereocenters. The lowest BCUT2D eigenvalue weighted by Gasteiger charge is -2.61. The number of rotatable bonds is 7. The van der Waals surface area contributed by atoms with Crippen LogP contribution in [0.1, 0.15) is 48.8 Å². The number of carbonyl (C=O) groups is 3. The fourth-order valence-electron chi connectivity index (χ4n) is 7.17. The number of carbonyl (C=O) groups excluding carboxylic acids is 2. The van der Waals surface area contributed by atoms with E-state index in [1.807, 2.05) is 19.2 Å². The van der Waals surface area contributed by atoms with Gasteiger partial charge in [0.2, 0.25) is 5.91 Å². The number of phenols is 1. The second-order valence-corrected chi connectivity index (χ2v) is 11.3. The highest BCUT2D eigenvalue weighted by Crippen LogP contribution is 2.65. The standard InChI is InChI=1S/C30H32N2O8/c1-16(17-6-4-3-5-7-17)27(35)31-19(28(36)37)15-23(34)39-21-10-11-30(38)22-14-18-8-9-20(33)25-24(18)29(30,26(21)40-25)12-13-32(22)2/h3-10,16,19,22,26,33,38H,11-15H2,1-2H3,(H,31,35)(H,36,37)/t16-,19-,22+,26-,29-,30+/m0/s1. The minimum absolute atomic E-state index is 0.0471. The number of amides is 1. The summed E-state index contributed by atoms with van der Waals surface area (Å²) < 4.78 is 12.0.